The van der Waals surface area contributed by atoms with E-state index < -0.39 is 43.0 Å². The van der Waals surface area contributed by atoms with Crippen molar-refractivity contribution in [2.75, 3.05) is 73.0 Å². The van der Waals surface area contributed by atoms with Crippen molar-refractivity contribution in [1.82, 2.24) is 29.7 Å². The number of non-ortho nitro benzene ring substituents is 4. The van der Waals surface area contributed by atoms with Crippen molar-refractivity contribution in [3.8, 4) is 80.3 Å². The molecule has 0 radical (unpaired) electrons. The van der Waals surface area contributed by atoms with Gasteiger partial charge in [-0.1, -0.05) is 118 Å². The van der Waals surface area contributed by atoms with Crippen LogP contribution in [-0.2, 0) is 48.8 Å². The number of allylic oxidation sites excluding steroid dienone is 1. The first-order chi connectivity index (χ1) is 66.2. The summed E-state index contributed by atoms with van der Waals surface area (Å²) in [6.45, 7) is 26.8. The lowest BCUT2D eigenvalue weighted by molar-refractivity contribution is -0.385. The Kier molecular flexibility index (Phi) is 36.8. The smallest absolute Gasteiger partial charge is 0.273 e. The number of ether oxygens (including phenoxy) is 9. The van der Waals surface area contributed by atoms with Crippen molar-refractivity contribution >= 4 is 116 Å². The molecule has 0 spiro atoms. The van der Waals surface area contributed by atoms with Gasteiger partial charge in [-0.25, -0.2) is 37.5 Å². The number of hydrogen-bond donors (Lipinski definition) is 2. The van der Waals surface area contributed by atoms with E-state index in [2.05, 4.69) is 144 Å². The summed E-state index contributed by atoms with van der Waals surface area (Å²) in [4.78, 5) is 86.7. The second-order valence-electron chi connectivity index (χ2n) is 33.7. The zero-order chi connectivity index (χ0) is 103. The fourth-order valence-corrected chi connectivity index (χ4v) is 15.6. The van der Waals surface area contributed by atoms with Crippen molar-refractivity contribution < 1.29 is 94.6 Å². The van der Waals surface area contributed by atoms with E-state index in [1.807, 2.05) is 50.2 Å². The minimum absolute atomic E-state index is 0.00918. The van der Waals surface area contributed by atoms with Gasteiger partial charge in [-0.3, -0.25) is 50.0 Å². The summed E-state index contributed by atoms with van der Waals surface area (Å²) >= 11 is 18.9. The Morgan fingerprint density at radius 3 is 1.30 bits per heavy atom. The van der Waals surface area contributed by atoms with Crippen LogP contribution in [0.4, 0.5) is 46.0 Å². The lowest BCUT2D eigenvalue weighted by Gasteiger charge is -2.18. The van der Waals surface area contributed by atoms with E-state index in [9.17, 15) is 67.6 Å². The molecule has 7 heterocycles. The predicted octanol–water partition coefficient (Wildman–Crippen LogP) is 24.0. The summed E-state index contributed by atoms with van der Waals surface area (Å²) in [5.74, 6) is 1.48. The number of methoxy groups -OCH3 is 5. The molecule has 2 aromatic heterocycles. The highest BCUT2D eigenvalue weighted by atomic mass is 79.9. The van der Waals surface area contributed by atoms with Crippen LogP contribution >= 0.6 is 75.3 Å². The predicted molar refractivity (Wildman–Crippen MR) is 534 cm³/mol. The number of nitrogens with zero attached hydrogens (tertiary/aromatic N) is 10. The fraction of sp³-hybridized carbons (Fsp3) is 0.260. The number of fused-ring (bicyclic) bond motifs is 5. The minimum Gasteiger partial charge on any atom is -0.507 e. The van der Waals surface area contributed by atoms with Crippen LogP contribution in [0.25, 0.3) is 22.8 Å². The Morgan fingerprint density at radius 1 is 0.479 bits per heavy atom. The van der Waals surface area contributed by atoms with Crippen LogP contribution in [0.2, 0.25) is 5.15 Å². The highest BCUT2D eigenvalue weighted by molar-refractivity contribution is 9.11. The largest absolute Gasteiger partial charge is 0.507 e. The zero-order valence-electron chi connectivity index (χ0n) is 78.0. The number of carbonyl (C=O) groups excluding carboxylic acids is 2. The van der Waals surface area contributed by atoms with Gasteiger partial charge < -0.3 is 63.3 Å². The van der Waals surface area contributed by atoms with Gasteiger partial charge in [-0.15, -0.1) is 0 Å². The number of benzene rings is 10. The number of nitrogen functional groups attached to an aromatic ring is 1. The normalized spacial score (nSPS) is 13.3. The van der Waals surface area contributed by atoms with Crippen LogP contribution in [0, 0.1) is 63.7 Å². The summed E-state index contributed by atoms with van der Waals surface area (Å²) in [6, 6.07) is 46.9. The maximum atomic E-state index is 14.8. The average Bonchev–Trinajstić information content (AvgIpc) is 1.59. The maximum Gasteiger partial charge on any atom is 0.273 e. The molecular weight excluding hydrogens is 2110 g/mol. The number of nitrogens with two attached hydrogens (primary N) is 1. The van der Waals surface area contributed by atoms with Gasteiger partial charge in [0, 0.05) is 104 Å². The molecule has 5 aliphatic heterocycles. The minimum atomic E-state index is -0.810. The number of nitro groups is 4. The van der Waals surface area contributed by atoms with Crippen molar-refractivity contribution in [2.45, 2.75) is 104 Å². The molecule has 3 N–H and O–H groups in total. The number of alkyl halides is 1. The summed E-state index contributed by atoms with van der Waals surface area (Å²) < 4.78 is 108. The Morgan fingerprint density at radius 2 is 0.864 bits per heavy atom. The standard InChI is InChI=1S/C32H29F2N3O4.C21H16ClF2N3O3.C10H10BrNO3.C10H11NO3.C10H13NO.C7H6BrNO3.C6H4BrNO3.C4H7Br/c1-32(2)17-41-27-13-18(8-11-21(27)32)12-24-29-25(36-30(35-24)28-22(33)6-5-7-23(28)34)16-37(31(29)38)15-19-9-10-20(39-3)14-26(19)40-4;1-29-12-7-6-11(16(8-12)30-2)9-27-10-15-18(21(27)28)19(22)26-20(25-15)17-13(23)4-3-5-14(17)24;1-7(2)6-15-10-5-8(12(13)14)3-4-9(10)11;1-10(2)6-14-9-5-7(11(12)13)3-4-8(9)10;1-10(2)6-12-9-5-7(11)3-4-8(9)10;1-12-7-4-5(9(10)11)2-3-6(7)8;7-5-2-1-4(8(10)11)3-6(5)9;1-4(2)3-5/h5-11,13-14H,12,15-17H2,1-4H3;3-8H,9-10H2,1-2H3;3-5H,1,6H2,2H3;3-5H,6H2,1-2H3;3-5H,6,11H2,1-2H3;2-4H,1H3;1-3,9H;1,3H2,2H3. The molecule has 0 saturated carbocycles. The molecule has 12 aromatic rings. The van der Waals surface area contributed by atoms with Crippen molar-refractivity contribution in [3.63, 3.8) is 0 Å². The number of amides is 2. The topological polar surface area (TPSA) is 394 Å². The van der Waals surface area contributed by atoms with Gasteiger partial charge in [0.05, 0.1) is 173 Å². The van der Waals surface area contributed by atoms with E-state index in [4.69, 9.17) is 65.1 Å². The third-order valence-electron chi connectivity index (χ3n) is 21.6. The molecule has 140 heavy (non-hydrogen) atoms. The van der Waals surface area contributed by atoms with Gasteiger partial charge in [0.15, 0.2) is 11.6 Å². The number of nitro benzene ring substituents is 4. The fourth-order valence-electron chi connectivity index (χ4n) is 14.3. The summed E-state index contributed by atoms with van der Waals surface area (Å²) in [7, 11) is 7.66. The number of aromatic nitrogens is 4. The molecule has 5 aliphatic rings. The first kappa shape index (κ1) is 108. The van der Waals surface area contributed by atoms with Crippen LogP contribution in [-0.4, -0.2) is 134 Å². The van der Waals surface area contributed by atoms with E-state index in [0.717, 1.165) is 80.7 Å². The van der Waals surface area contributed by atoms with Crippen LogP contribution < -0.4 is 48.4 Å². The number of phenolic OH excluding ortho intramolecular Hbond substituents is 1. The van der Waals surface area contributed by atoms with Gasteiger partial charge in [0.2, 0.25) is 0 Å². The first-order valence-electron chi connectivity index (χ1n) is 42.3. The highest BCUT2D eigenvalue weighted by Gasteiger charge is 2.39. The van der Waals surface area contributed by atoms with Gasteiger partial charge in [-0.05, 0) is 158 Å². The van der Waals surface area contributed by atoms with E-state index in [-0.39, 0.29) is 123 Å². The zero-order valence-corrected chi connectivity index (χ0v) is 85.1. The molecule has 0 saturated heterocycles. The van der Waals surface area contributed by atoms with Crippen molar-refractivity contribution in [2.24, 2.45) is 0 Å². The van der Waals surface area contributed by atoms with Crippen LogP contribution in [0.3, 0.4) is 0 Å². The van der Waals surface area contributed by atoms with Crippen molar-refractivity contribution in [1.29, 1.82) is 0 Å². The molecule has 0 unspecified atom stereocenters. The summed E-state index contributed by atoms with van der Waals surface area (Å²) in [5.41, 5.74) is 15.2. The number of aromatic hydroxyl groups is 1. The lowest BCUT2D eigenvalue weighted by Crippen LogP contribution is -2.24. The molecule has 0 aliphatic carbocycles. The third kappa shape index (κ3) is 27.2. The van der Waals surface area contributed by atoms with E-state index in [0.29, 0.717) is 96.1 Å². The average molecular weight is 2200 g/mol. The Hall–Kier alpha value is -13.9. The summed E-state index contributed by atoms with van der Waals surface area (Å²) in [6.07, 6.45) is 0.260. The lowest BCUT2D eigenvalue weighted by atomic mass is 9.86. The molecular formula is C100H96Br4ClF4N11O20. The molecule has 17 rings (SSSR count). The number of carbonyl (C=O) groups is 2. The second-order valence-corrected chi connectivity index (χ2v) is 37.2. The molecule has 31 nitrogen and oxygen atoms in total. The molecule has 0 fully saturated rings. The Balaban J connectivity index is 0.000000178. The molecule has 0 bridgehead atoms. The Labute approximate surface area is 841 Å². The molecule has 734 valence electrons. The molecule has 10 aromatic carbocycles. The summed E-state index contributed by atoms with van der Waals surface area (Å²) in [5, 5.41) is 51.3. The van der Waals surface area contributed by atoms with E-state index in [1.165, 1.54) is 103 Å². The van der Waals surface area contributed by atoms with Crippen molar-refractivity contribution in [3.05, 3.63) is 350 Å². The van der Waals surface area contributed by atoms with E-state index >= 15 is 0 Å². The van der Waals surface area contributed by atoms with Gasteiger partial charge >= 0.3 is 0 Å². The number of phenols is 1. The van der Waals surface area contributed by atoms with Crippen LogP contribution in [0.1, 0.15) is 127 Å². The quantitative estimate of drug-likeness (QED) is 0.0128. The van der Waals surface area contributed by atoms with E-state index in [1.54, 1.807) is 74.8 Å². The van der Waals surface area contributed by atoms with Crippen LogP contribution in [0.15, 0.2) is 220 Å². The molecule has 40 heteroatoms. The first-order valence-corrected chi connectivity index (χ1v) is 46.2. The van der Waals surface area contributed by atoms with Gasteiger partial charge in [-0.2, -0.15) is 0 Å². The van der Waals surface area contributed by atoms with Gasteiger partial charge in [0.1, 0.15) is 98.1 Å². The number of rotatable bonds is 21. The SMILES string of the molecule is C=C(C)CBr.C=C(C)COc1cc([N+](=O)[O-])ccc1Br.CC1(C)COc2cc(N)ccc21.CC1(C)COc2cc([N+](=O)[O-])ccc21.COc1cc([N+](=O)[O-])ccc1Br.COc1ccc(CN2Cc3nc(-c4c(F)cccc4F)nc(Cc4ccc5c(c4)OCC5(C)C)c3C2=O)c(OC)c1.COc1ccc(CN2Cc3nc(-c4c(F)cccc4F)nc(Cl)c3C2=O)c(OC)c1.O=[N+]([O-])c1ccc(Br)c(O)c1. The number of halogens is 9. The third-order valence-corrected chi connectivity index (χ3v) is 24.8. The Bertz CT molecular complexity index is 6680. The number of anilines is 1. The maximum absolute atomic E-state index is 14.8. The highest BCUT2D eigenvalue weighted by Crippen LogP contribution is 2.45. The molecule has 2 amide bonds. The second kappa shape index (κ2) is 47.6. The monoisotopic (exact) mass is 2200 g/mol. The van der Waals surface area contributed by atoms with Gasteiger partial charge in [0.25, 0.3) is 34.6 Å². The van der Waals surface area contributed by atoms with Crippen LogP contribution in [0.5, 0.6) is 57.5 Å². The number of hydrogen-bond acceptors (Lipinski definition) is 25. The molecule has 0 atom stereocenters.